The van der Waals surface area contributed by atoms with Crippen LogP contribution in [0.5, 0.6) is 0 Å². The lowest BCUT2D eigenvalue weighted by Crippen LogP contribution is -2.34. The highest BCUT2D eigenvalue weighted by molar-refractivity contribution is 9.11. The molecule has 0 amide bonds. The smallest absolute Gasteiger partial charge is 0.245 e. The van der Waals surface area contributed by atoms with E-state index in [0.29, 0.717) is 33.7 Å². The van der Waals surface area contributed by atoms with Gasteiger partial charge in [0.1, 0.15) is 4.90 Å². The average Bonchev–Trinajstić information content (AvgIpc) is 3.15. The molecule has 1 N–H and O–H groups in total. The van der Waals surface area contributed by atoms with Crippen molar-refractivity contribution in [3.05, 3.63) is 14.7 Å². The summed E-state index contributed by atoms with van der Waals surface area (Å²) in [5, 5.41) is 3.42. The highest BCUT2D eigenvalue weighted by Crippen LogP contribution is 2.34. The van der Waals surface area contributed by atoms with Crippen LogP contribution in [0.3, 0.4) is 0 Å². The molecule has 0 spiro atoms. The second-order valence-corrected chi connectivity index (χ2v) is 10.2. The number of nitrogens with zero attached hydrogens (tertiary/aromatic N) is 1. The Labute approximate surface area is 140 Å². The molecule has 2 rings (SSSR count). The number of rotatable bonds is 8. The Bertz CT molecular complexity index is 580. The Morgan fingerprint density at radius 1 is 1.48 bits per heavy atom. The van der Waals surface area contributed by atoms with Gasteiger partial charge in [-0.15, -0.1) is 11.3 Å². The van der Waals surface area contributed by atoms with E-state index in [9.17, 15) is 8.42 Å². The van der Waals surface area contributed by atoms with Gasteiger partial charge in [-0.25, -0.2) is 8.42 Å². The van der Waals surface area contributed by atoms with Gasteiger partial charge in [0.25, 0.3) is 0 Å². The Kier molecular flexibility index (Phi) is 5.87. The van der Waals surface area contributed by atoms with Crippen molar-refractivity contribution in [1.29, 1.82) is 0 Å². The molecule has 1 aliphatic carbocycles. The Morgan fingerprint density at radius 3 is 2.67 bits per heavy atom. The molecule has 120 valence electrons. The van der Waals surface area contributed by atoms with Crippen LogP contribution in [0.4, 0.5) is 0 Å². The molecule has 1 heterocycles. The standard InChI is InChI=1S/C14H23BrN2O2S2/c1-4-17(9-10(2)3)21(18,19)13-7-12(20-14(13)15)8-16-11-5-6-11/h7,10-11,16H,4-6,8-9H2,1-3H3. The predicted octanol–water partition coefficient (Wildman–Crippen LogP) is 3.43. The number of halogens is 1. The highest BCUT2D eigenvalue weighted by Gasteiger charge is 2.28. The van der Waals surface area contributed by atoms with E-state index < -0.39 is 10.0 Å². The molecule has 0 radical (unpaired) electrons. The fraction of sp³-hybridized carbons (Fsp3) is 0.714. The molecule has 7 heteroatoms. The van der Waals surface area contributed by atoms with Crippen LogP contribution in [0.15, 0.2) is 14.7 Å². The lowest BCUT2D eigenvalue weighted by atomic mass is 10.2. The second-order valence-electron chi connectivity index (χ2n) is 5.86. The Hall–Kier alpha value is 0.0500. The number of hydrogen-bond acceptors (Lipinski definition) is 4. The van der Waals surface area contributed by atoms with E-state index >= 15 is 0 Å². The molecule has 0 bridgehead atoms. The fourth-order valence-corrected chi connectivity index (χ4v) is 6.33. The zero-order chi connectivity index (χ0) is 15.6. The van der Waals surface area contributed by atoms with Crippen LogP contribution < -0.4 is 5.32 Å². The summed E-state index contributed by atoms with van der Waals surface area (Å²) in [6.45, 7) is 7.75. The van der Waals surface area contributed by atoms with Crippen molar-refractivity contribution in [3.8, 4) is 0 Å². The molecular weight excluding hydrogens is 372 g/mol. The lowest BCUT2D eigenvalue weighted by molar-refractivity contribution is 0.381. The first-order chi connectivity index (χ1) is 9.84. The number of sulfonamides is 1. The largest absolute Gasteiger partial charge is 0.309 e. The van der Waals surface area contributed by atoms with Crippen molar-refractivity contribution >= 4 is 37.3 Å². The number of nitrogens with one attached hydrogen (secondary N) is 1. The summed E-state index contributed by atoms with van der Waals surface area (Å²) in [4.78, 5) is 1.47. The topological polar surface area (TPSA) is 49.4 Å². The summed E-state index contributed by atoms with van der Waals surface area (Å²) in [5.74, 6) is 0.313. The van der Waals surface area contributed by atoms with Gasteiger partial charge >= 0.3 is 0 Å². The molecule has 0 aliphatic heterocycles. The third kappa shape index (κ3) is 4.51. The summed E-state index contributed by atoms with van der Waals surface area (Å²) in [6, 6.07) is 2.43. The monoisotopic (exact) mass is 394 g/mol. The van der Waals surface area contributed by atoms with Gasteiger partial charge in [0, 0.05) is 30.6 Å². The zero-order valence-corrected chi connectivity index (χ0v) is 15.9. The van der Waals surface area contributed by atoms with E-state index in [4.69, 9.17) is 0 Å². The molecule has 1 aromatic rings. The van der Waals surface area contributed by atoms with Gasteiger partial charge in [-0.2, -0.15) is 4.31 Å². The summed E-state index contributed by atoms with van der Waals surface area (Å²) < 4.78 is 27.8. The van der Waals surface area contributed by atoms with Crippen LogP contribution in [0.25, 0.3) is 0 Å². The molecule has 0 saturated heterocycles. The minimum absolute atomic E-state index is 0.313. The fourth-order valence-electron chi connectivity index (χ4n) is 2.14. The lowest BCUT2D eigenvalue weighted by Gasteiger charge is -2.22. The molecule has 1 fully saturated rings. The molecule has 1 aromatic heterocycles. The van der Waals surface area contributed by atoms with Crippen molar-refractivity contribution in [3.63, 3.8) is 0 Å². The third-order valence-electron chi connectivity index (χ3n) is 3.39. The molecule has 21 heavy (non-hydrogen) atoms. The van der Waals surface area contributed by atoms with Crippen LogP contribution in [-0.2, 0) is 16.6 Å². The van der Waals surface area contributed by atoms with Gasteiger partial charge in [0.15, 0.2) is 0 Å². The van der Waals surface area contributed by atoms with Crippen molar-refractivity contribution in [2.24, 2.45) is 5.92 Å². The maximum atomic E-state index is 12.8. The van der Waals surface area contributed by atoms with E-state index in [0.717, 1.165) is 11.4 Å². The third-order valence-corrected chi connectivity index (χ3v) is 7.58. The summed E-state index contributed by atoms with van der Waals surface area (Å²) in [5.41, 5.74) is 0. The van der Waals surface area contributed by atoms with Crippen LogP contribution in [-0.4, -0.2) is 31.9 Å². The molecule has 0 unspecified atom stereocenters. The first kappa shape index (κ1) is 17.4. The van der Waals surface area contributed by atoms with Gasteiger partial charge in [0.05, 0.1) is 3.79 Å². The summed E-state index contributed by atoms with van der Waals surface area (Å²) >= 11 is 4.93. The summed E-state index contributed by atoms with van der Waals surface area (Å²) in [7, 11) is -3.41. The van der Waals surface area contributed by atoms with Crippen molar-refractivity contribution in [1.82, 2.24) is 9.62 Å². The Morgan fingerprint density at radius 2 is 2.14 bits per heavy atom. The van der Waals surface area contributed by atoms with E-state index in [1.54, 1.807) is 4.31 Å². The van der Waals surface area contributed by atoms with Crippen molar-refractivity contribution in [2.45, 2.75) is 51.1 Å². The second kappa shape index (κ2) is 7.08. The van der Waals surface area contributed by atoms with Gasteiger partial charge in [-0.05, 0) is 40.8 Å². The van der Waals surface area contributed by atoms with Crippen LogP contribution in [0.1, 0.15) is 38.5 Å². The molecule has 0 aromatic carbocycles. The summed E-state index contributed by atoms with van der Waals surface area (Å²) in [6.07, 6.45) is 2.46. The van der Waals surface area contributed by atoms with Gasteiger partial charge < -0.3 is 5.32 Å². The Balaban J connectivity index is 2.17. The van der Waals surface area contributed by atoms with Crippen molar-refractivity contribution in [2.75, 3.05) is 13.1 Å². The normalized spacial score (nSPS) is 16.1. The van der Waals surface area contributed by atoms with Gasteiger partial charge in [-0.3, -0.25) is 0 Å². The predicted molar refractivity (Wildman–Crippen MR) is 91.2 cm³/mol. The quantitative estimate of drug-likeness (QED) is 0.734. The van der Waals surface area contributed by atoms with Crippen LogP contribution >= 0.6 is 27.3 Å². The maximum absolute atomic E-state index is 12.8. The molecule has 1 saturated carbocycles. The number of thiophene rings is 1. The van der Waals surface area contributed by atoms with E-state index in [-0.39, 0.29) is 0 Å². The van der Waals surface area contributed by atoms with E-state index in [1.807, 2.05) is 26.8 Å². The first-order valence-corrected chi connectivity index (χ1v) is 10.4. The maximum Gasteiger partial charge on any atom is 0.245 e. The number of hydrogen-bond donors (Lipinski definition) is 1. The molecule has 1 aliphatic rings. The first-order valence-electron chi connectivity index (χ1n) is 7.36. The van der Waals surface area contributed by atoms with Crippen molar-refractivity contribution < 1.29 is 8.42 Å². The van der Waals surface area contributed by atoms with Gasteiger partial charge in [-0.1, -0.05) is 20.8 Å². The van der Waals surface area contributed by atoms with Crippen LogP contribution in [0, 0.1) is 5.92 Å². The van der Waals surface area contributed by atoms with E-state index in [1.165, 1.54) is 24.2 Å². The minimum atomic E-state index is -3.41. The average molecular weight is 395 g/mol. The molecular formula is C14H23BrN2O2S2. The van der Waals surface area contributed by atoms with Crippen LogP contribution in [0.2, 0.25) is 0 Å². The van der Waals surface area contributed by atoms with Gasteiger partial charge in [0.2, 0.25) is 10.0 Å². The minimum Gasteiger partial charge on any atom is -0.309 e. The SMILES string of the molecule is CCN(CC(C)C)S(=O)(=O)c1cc(CNC2CC2)sc1Br. The molecule has 4 nitrogen and oxygen atoms in total. The highest BCUT2D eigenvalue weighted by atomic mass is 79.9. The van der Waals surface area contributed by atoms with E-state index in [2.05, 4.69) is 21.2 Å². The zero-order valence-electron chi connectivity index (χ0n) is 12.7. The molecule has 0 atom stereocenters.